The molecule has 4 aromatic rings. The second-order valence-corrected chi connectivity index (χ2v) is 9.90. The fraction of sp³-hybridized carbons (Fsp3) is 0.385. The first-order chi connectivity index (χ1) is 19.0. The van der Waals surface area contributed by atoms with Gasteiger partial charge in [0.05, 0.1) is 17.4 Å². The van der Waals surface area contributed by atoms with Crippen LogP contribution in [0.4, 0.5) is 17.6 Å². The smallest absolute Gasteiger partial charge is 0.337 e. The van der Waals surface area contributed by atoms with Gasteiger partial charge in [-0.25, -0.2) is 4.79 Å². The van der Waals surface area contributed by atoms with Crippen molar-refractivity contribution in [2.24, 2.45) is 5.92 Å². The number of aromatic carboxylic acids is 1. The molecule has 1 aromatic carbocycles. The molecule has 5 heterocycles. The number of furan rings is 1. The van der Waals surface area contributed by atoms with Gasteiger partial charge in [0.15, 0.2) is 5.76 Å². The molecule has 0 amide bonds. The molecule has 40 heavy (non-hydrogen) atoms. The lowest BCUT2D eigenvalue weighted by molar-refractivity contribution is 0.0696. The van der Waals surface area contributed by atoms with E-state index in [1.807, 2.05) is 12.1 Å². The van der Waals surface area contributed by atoms with E-state index in [1.165, 1.54) is 4.52 Å². The minimum Gasteiger partial charge on any atom is -0.478 e. The first-order valence-corrected chi connectivity index (χ1v) is 12.9. The minimum absolute atomic E-state index is 0. The van der Waals surface area contributed by atoms with Gasteiger partial charge in [-0.05, 0) is 49.1 Å². The zero-order valence-electron chi connectivity index (χ0n) is 21.7. The van der Waals surface area contributed by atoms with Crippen molar-refractivity contribution in [3.8, 4) is 17.7 Å². The number of halogens is 1. The number of carboxylic acid groups (broad SMARTS) is 1. The summed E-state index contributed by atoms with van der Waals surface area (Å²) in [6.45, 7) is 5.98. The maximum Gasteiger partial charge on any atom is 0.337 e. The number of carboxylic acids is 1. The highest BCUT2D eigenvalue weighted by Gasteiger charge is 2.27. The highest BCUT2D eigenvalue weighted by molar-refractivity contribution is 5.92. The van der Waals surface area contributed by atoms with Gasteiger partial charge >= 0.3 is 5.97 Å². The van der Waals surface area contributed by atoms with Crippen molar-refractivity contribution in [1.82, 2.24) is 29.5 Å². The number of hydrogen-bond donors (Lipinski definition) is 2. The van der Waals surface area contributed by atoms with Crippen molar-refractivity contribution < 1.29 is 14.3 Å². The number of benzene rings is 1. The second-order valence-electron chi connectivity index (χ2n) is 9.90. The van der Waals surface area contributed by atoms with E-state index in [2.05, 4.69) is 34.8 Å². The molecule has 2 aliphatic rings. The largest absolute Gasteiger partial charge is 0.478 e. The van der Waals surface area contributed by atoms with Gasteiger partial charge in [-0.2, -0.15) is 24.7 Å². The summed E-state index contributed by atoms with van der Waals surface area (Å²) in [4.78, 5) is 32.0. The van der Waals surface area contributed by atoms with Crippen LogP contribution in [0.1, 0.15) is 28.8 Å². The van der Waals surface area contributed by atoms with Crippen molar-refractivity contribution in [3.63, 3.8) is 0 Å². The molecule has 6 rings (SSSR count). The molecular weight excluding hydrogens is 536 g/mol. The van der Waals surface area contributed by atoms with Crippen LogP contribution in [-0.4, -0.2) is 86.4 Å². The predicted molar refractivity (Wildman–Crippen MR) is 150 cm³/mol. The first-order valence-electron chi connectivity index (χ1n) is 12.9. The standard InChI is InChI=1S/C26H28N10O3.ClH/c27-14-18-5-6-19(13-20(18)23(37)38)34-10-8-33(9-11-34)15-17-3-1-7-35(16-17)25-30-24(28)36-26(31-25)29-22(32-36)21-4-2-12-39-21;/h2,4-6,12-13,17H,1,3,7-11,15-16H2,(H,37,38)(H2,28,29,30,31,32);1H/t17-;/m0./s1. The number of anilines is 3. The van der Waals surface area contributed by atoms with E-state index >= 15 is 0 Å². The second kappa shape index (κ2) is 11.4. The third-order valence-electron chi connectivity index (χ3n) is 7.37. The van der Waals surface area contributed by atoms with Crippen LogP contribution in [0.5, 0.6) is 0 Å². The van der Waals surface area contributed by atoms with Gasteiger partial charge in [-0.1, -0.05) is 0 Å². The fourth-order valence-corrected chi connectivity index (χ4v) is 5.40. The van der Waals surface area contributed by atoms with Gasteiger partial charge in [-0.15, -0.1) is 17.5 Å². The summed E-state index contributed by atoms with van der Waals surface area (Å²) in [7, 11) is 0. The van der Waals surface area contributed by atoms with E-state index < -0.39 is 5.97 Å². The zero-order valence-corrected chi connectivity index (χ0v) is 22.5. The Hall–Kier alpha value is -4.41. The lowest BCUT2D eigenvalue weighted by Crippen LogP contribution is -2.50. The highest BCUT2D eigenvalue weighted by Crippen LogP contribution is 2.25. The molecule has 2 aliphatic heterocycles. The van der Waals surface area contributed by atoms with Crippen molar-refractivity contribution in [2.45, 2.75) is 12.8 Å². The number of nitriles is 1. The fourth-order valence-electron chi connectivity index (χ4n) is 5.40. The van der Waals surface area contributed by atoms with Crippen LogP contribution in [0.2, 0.25) is 0 Å². The van der Waals surface area contributed by atoms with E-state index in [-0.39, 0.29) is 29.5 Å². The molecule has 208 valence electrons. The number of carbonyl (C=O) groups is 1. The molecule has 1 atom stereocenters. The lowest BCUT2D eigenvalue weighted by atomic mass is 9.97. The topological polar surface area (TPSA) is 166 Å². The monoisotopic (exact) mass is 564 g/mol. The van der Waals surface area contributed by atoms with Crippen LogP contribution in [0.15, 0.2) is 41.0 Å². The molecule has 13 nitrogen and oxygen atoms in total. The molecule has 0 saturated carbocycles. The van der Waals surface area contributed by atoms with Gasteiger partial charge in [-0.3, -0.25) is 4.90 Å². The van der Waals surface area contributed by atoms with Crippen LogP contribution in [0.3, 0.4) is 0 Å². The van der Waals surface area contributed by atoms with Gasteiger partial charge < -0.3 is 25.1 Å². The first kappa shape index (κ1) is 27.2. The number of rotatable bonds is 6. The molecule has 2 fully saturated rings. The quantitative estimate of drug-likeness (QED) is 0.351. The predicted octanol–water partition coefficient (Wildman–Crippen LogP) is 2.39. The molecule has 3 N–H and O–H groups in total. The number of nitrogen functional groups attached to an aromatic ring is 1. The van der Waals surface area contributed by atoms with Crippen LogP contribution in [-0.2, 0) is 0 Å². The molecule has 0 aliphatic carbocycles. The number of piperazine rings is 1. The van der Waals surface area contributed by atoms with Crippen molar-refractivity contribution in [2.75, 3.05) is 61.3 Å². The van der Waals surface area contributed by atoms with Gasteiger partial charge in [0.2, 0.25) is 17.7 Å². The number of hydrogen-bond acceptors (Lipinski definition) is 11. The van der Waals surface area contributed by atoms with E-state index in [4.69, 9.17) is 10.2 Å². The number of piperidine rings is 1. The van der Waals surface area contributed by atoms with Crippen LogP contribution >= 0.6 is 12.4 Å². The molecule has 3 aromatic heterocycles. The third-order valence-corrected chi connectivity index (χ3v) is 7.37. The van der Waals surface area contributed by atoms with Gasteiger partial charge in [0, 0.05) is 51.5 Å². The Morgan fingerprint density at radius 1 is 1.12 bits per heavy atom. The van der Waals surface area contributed by atoms with Crippen molar-refractivity contribution in [1.29, 1.82) is 5.26 Å². The molecule has 0 bridgehead atoms. The van der Waals surface area contributed by atoms with E-state index in [1.54, 1.807) is 30.5 Å². The highest BCUT2D eigenvalue weighted by atomic mass is 35.5. The normalized spacial score (nSPS) is 17.9. The van der Waals surface area contributed by atoms with Crippen LogP contribution in [0.25, 0.3) is 17.4 Å². The number of nitrogens with two attached hydrogens (primary N) is 1. The number of aromatic nitrogens is 5. The van der Waals surface area contributed by atoms with Crippen molar-refractivity contribution >= 4 is 41.7 Å². The summed E-state index contributed by atoms with van der Waals surface area (Å²) in [6, 6.07) is 10.5. The SMILES string of the molecule is Cl.N#Cc1ccc(N2CCN(C[C@@H]3CCCN(c4nc(N)n5nc(-c6ccco6)nc5n4)C3)CC2)cc1C(=O)O. The number of fused-ring (bicyclic) bond motifs is 1. The van der Waals surface area contributed by atoms with Crippen LogP contribution in [0, 0.1) is 17.2 Å². The van der Waals surface area contributed by atoms with E-state index in [0.717, 1.165) is 64.3 Å². The van der Waals surface area contributed by atoms with Crippen LogP contribution < -0.4 is 15.5 Å². The van der Waals surface area contributed by atoms with Gasteiger partial charge in [0.25, 0.3) is 5.78 Å². The summed E-state index contributed by atoms with van der Waals surface area (Å²) in [5.74, 6) is 1.50. The summed E-state index contributed by atoms with van der Waals surface area (Å²) in [5.41, 5.74) is 7.27. The zero-order chi connectivity index (χ0) is 26.9. The summed E-state index contributed by atoms with van der Waals surface area (Å²) in [6.07, 6.45) is 3.73. The third kappa shape index (κ3) is 5.36. The van der Waals surface area contributed by atoms with E-state index in [0.29, 0.717) is 29.2 Å². The summed E-state index contributed by atoms with van der Waals surface area (Å²) < 4.78 is 6.82. The molecule has 2 saturated heterocycles. The Balaban J connectivity index is 0.00000323. The Labute approximate surface area is 236 Å². The maximum atomic E-state index is 11.5. The average Bonchev–Trinajstić information content (AvgIpc) is 3.64. The molecule has 14 heteroatoms. The summed E-state index contributed by atoms with van der Waals surface area (Å²) in [5, 5.41) is 23.0. The minimum atomic E-state index is -1.08. The average molecular weight is 565 g/mol. The molecule has 0 spiro atoms. The molecular formula is C26H29ClN10O3. The molecule has 0 radical (unpaired) electrons. The lowest BCUT2D eigenvalue weighted by Gasteiger charge is -2.40. The Kier molecular flexibility index (Phi) is 7.72. The van der Waals surface area contributed by atoms with Gasteiger partial charge in [0.1, 0.15) is 6.07 Å². The number of nitrogens with zero attached hydrogens (tertiary/aromatic N) is 9. The van der Waals surface area contributed by atoms with E-state index in [9.17, 15) is 15.2 Å². The Bertz CT molecular complexity index is 1540. The Morgan fingerprint density at radius 3 is 2.67 bits per heavy atom. The summed E-state index contributed by atoms with van der Waals surface area (Å²) >= 11 is 0. The van der Waals surface area contributed by atoms with Crippen molar-refractivity contribution in [3.05, 3.63) is 47.7 Å². The maximum absolute atomic E-state index is 11.5. The molecule has 0 unspecified atom stereocenters. The Morgan fingerprint density at radius 2 is 1.95 bits per heavy atom.